The zero-order valence-electron chi connectivity index (χ0n) is 14.0. The number of guanidine groups is 1. The van der Waals surface area contributed by atoms with Gasteiger partial charge in [-0.05, 0) is 23.8 Å². The smallest absolute Gasteiger partial charge is 0.224 e. The second kappa shape index (κ2) is 11.1. The monoisotopic (exact) mass is 516 g/mol. The van der Waals surface area contributed by atoms with Crippen molar-refractivity contribution in [3.63, 3.8) is 0 Å². The van der Waals surface area contributed by atoms with Gasteiger partial charge in [0.05, 0.1) is 6.54 Å². The van der Waals surface area contributed by atoms with Crippen molar-refractivity contribution in [1.29, 1.82) is 0 Å². The maximum absolute atomic E-state index is 12.2. The molecule has 0 bridgehead atoms. The van der Waals surface area contributed by atoms with Crippen molar-refractivity contribution in [2.75, 3.05) is 18.9 Å². The first-order valence-electron chi connectivity index (χ1n) is 7.65. The van der Waals surface area contributed by atoms with E-state index in [2.05, 4.69) is 26.2 Å². The van der Waals surface area contributed by atoms with Gasteiger partial charge in [0.25, 0.3) is 0 Å². The van der Waals surface area contributed by atoms with Crippen LogP contribution < -0.4 is 11.1 Å². The number of amides is 1. The van der Waals surface area contributed by atoms with Gasteiger partial charge in [-0.3, -0.25) is 9.79 Å². The fourth-order valence-electron chi connectivity index (χ4n) is 2.14. The summed E-state index contributed by atoms with van der Waals surface area (Å²) in [5.74, 6) is 0.337. The van der Waals surface area contributed by atoms with E-state index in [0.29, 0.717) is 25.5 Å². The predicted octanol–water partition coefficient (Wildman–Crippen LogP) is 3.84. The lowest BCUT2D eigenvalue weighted by atomic mass is 10.2. The highest BCUT2D eigenvalue weighted by Crippen LogP contribution is 2.17. The maximum Gasteiger partial charge on any atom is 0.224 e. The van der Waals surface area contributed by atoms with Gasteiger partial charge in [-0.15, -0.1) is 24.0 Å². The Bertz CT molecular complexity index is 709. The molecule has 0 atom stereocenters. The summed E-state index contributed by atoms with van der Waals surface area (Å²) < 4.78 is 0.999. The number of nitrogens with one attached hydrogen (secondary N) is 1. The molecule has 0 fully saturated rings. The molecule has 5 nitrogen and oxygen atoms in total. The molecule has 7 heteroatoms. The van der Waals surface area contributed by atoms with E-state index in [4.69, 9.17) is 5.73 Å². The summed E-state index contributed by atoms with van der Waals surface area (Å²) in [5, 5.41) is 2.99. The Morgan fingerprint density at radius 2 is 1.80 bits per heavy atom. The van der Waals surface area contributed by atoms with E-state index in [0.717, 1.165) is 15.7 Å². The largest absolute Gasteiger partial charge is 0.370 e. The lowest BCUT2D eigenvalue weighted by molar-refractivity contribution is -0.130. The molecule has 134 valence electrons. The lowest BCUT2D eigenvalue weighted by Crippen LogP contribution is -2.28. The van der Waals surface area contributed by atoms with Gasteiger partial charge in [-0.2, -0.15) is 0 Å². The van der Waals surface area contributed by atoms with Crippen LogP contribution in [0, 0.1) is 0 Å². The summed E-state index contributed by atoms with van der Waals surface area (Å²) in [5.41, 5.74) is 7.76. The molecule has 0 aromatic heterocycles. The van der Waals surface area contributed by atoms with Gasteiger partial charge in [0.15, 0.2) is 5.96 Å². The van der Waals surface area contributed by atoms with Gasteiger partial charge in [0.1, 0.15) is 0 Å². The Morgan fingerprint density at radius 1 is 1.16 bits per heavy atom. The van der Waals surface area contributed by atoms with Crippen molar-refractivity contribution in [2.24, 2.45) is 10.7 Å². The van der Waals surface area contributed by atoms with Crippen LogP contribution in [0.3, 0.4) is 0 Å². The Morgan fingerprint density at radius 3 is 2.48 bits per heavy atom. The first kappa shape index (κ1) is 21.4. The molecule has 0 saturated carbocycles. The van der Waals surface area contributed by atoms with Gasteiger partial charge in [0, 0.05) is 30.2 Å². The van der Waals surface area contributed by atoms with Gasteiger partial charge in [0.2, 0.25) is 5.91 Å². The van der Waals surface area contributed by atoms with Crippen LogP contribution in [0.1, 0.15) is 12.0 Å². The van der Waals surface area contributed by atoms with Crippen molar-refractivity contribution in [2.45, 2.75) is 13.0 Å². The summed E-state index contributed by atoms with van der Waals surface area (Å²) in [6, 6.07) is 17.4. The van der Waals surface area contributed by atoms with Crippen molar-refractivity contribution >= 4 is 57.5 Å². The van der Waals surface area contributed by atoms with Gasteiger partial charge >= 0.3 is 0 Å². The minimum absolute atomic E-state index is 0. The fourth-order valence-corrected chi connectivity index (χ4v) is 2.55. The molecule has 2 aromatic carbocycles. The molecular formula is C18H22BrIN4O. The number of hydrogen-bond donors (Lipinski definition) is 2. The highest BCUT2D eigenvalue weighted by atomic mass is 127. The molecule has 25 heavy (non-hydrogen) atoms. The van der Waals surface area contributed by atoms with E-state index in [-0.39, 0.29) is 29.9 Å². The molecule has 3 N–H and O–H groups in total. The Hall–Kier alpha value is -1.61. The van der Waals surface area contributed by atoms with Crippen molar-refractivity contribution < 1.29 is 4.79 Å². The van der Waals surface area contributed by atoms with Crippen LogP contribution in [0.2, 0.25) is 0 Å². The topological polar surface area (TPSA) is 70.7 Å². The van der Waals surface area contributed by atoms with Crippen LogP contribution in [0.4, 0.5) is 5.69 Å². The van der Waals surface area contributed by atoms with Crippen LogP contribution in [-0.4, -0.2) is 30.4 Å². The van der Waals surface area contributed by atoms with Gasteiger partial charge in [-0.25, -0.2) is 0 Å². The summed E-state index contributed by atoms with van der Waals surface area (Å²) in [7, 11) is 1.79. The number of anilines is 1. The summed E-state index contributed by atoms with van der Waals surface area (Å²) in [6.45, 7) is 0.909. The van der Waals surface area contributed by atoms with Crippen LogP contribution >= 0.6 is 39.9 Å². The number of nitrogens with zero attached hydrogens (tertiary/aromatic N) is 2. The van der Waals surface area contributed by atoms with Crippen LogP contribution in [-0.2, 0) is 11.3 Å². The van der Waals surface area contributed by atoms with Crippen molar-refractivity contribution in [1.82, 2.24) is 4.90 Å². The number of hydrogen-bond acceptors (Lipinski definition) is 2. The normalized spacial score (nSPS) is 10.7. The van der Waals surface area contributed by atoms with Crippen LogP contribution in [0.25, 0.3) is 0 Å². The number of benzene rings is 2. The van der Waals surface area contributed by atoms with Gasteiger partial charge < -0.3 is 16.0 Å². The minimum Gasteiger partial charge on any atom is -0.370 e. The molecule has 2 rings (SSSR count). The number of para-hydroxylation sites is 1. The Kier molecular flexibility index (Phi) is 9.51. The standard InChI is InChI=1S/C18H21BrN4O.HI/c1-23(13-14-7-5-6-10-16(14)19)17(24)11-12-21-18(20)22-15-8-3-2-4-9-15;/h2-10H,11-13H2,1H3,(H3,20,21,22);1H. The molecule has 0 radical (unpaired) electrons. The summed E-state index contributed by atoms with van der Waals surface area (Å²) in [4.78, 5) is 18.1. The average Bonchev–Trinajstić information content (AvgIpc) is 2.57. The molecule has 0 unspecified atom stereocenters. The lowest BCUT2D eigenvalue weighted by Gasteiger charge is -2.17. The van der Waals surface area contributed by atoms with E-state index >= 15 is 0 Å². The number of aliphatic imine (C=N–C) groups is 1. The summed E-state index contributed by atoms with van der Waals surface area (Å²) in [6.07, 6.45) is 0.318. The van der Waals surface area contributed by atoms with Crippen molar-refractivity contribution in [3.8, 4) is 0 Å². The summed E-state index contributed by atoms with van der Waals surface area (Å²) >= 11 is 3.49. The zero-order valence-corrected chi connectivity index (χ0v) is 17.9. The first-order valence-corrected chi connectivity index (χ1v) is 8.45. The predicted molar refractivity (Wildman–Crippen MR) is 117 cm³/mol. The third-order valence-corrected chi connectivity index (χ3v) is 4.22. The fraction of sp³-hybridized carbons (Fsp3) is 0.222. The molecule has 0 heterocycles. The molecular weight excluding hydrogens is 495 g/mol. The van der Waals surface area contributed by atoms with Crippen LogP contribution in [0.5, 0.6) is 0 Å². The highest BCUT2D eigenvalue weighted by Gasteiger charge is 2.10. The Balaban J connectivity index is 0.00000312. The molecule has 0 spiro atoms. The van der Waals surface area contributed by atoms with E-state index in [1.54, 1.807) is 11.9 Å². The van der Waals surface area contributed by atoms with Gasteiger partial charge in [-0.1, -0.05) is 52.3 Å². The van der Waals surface area contributed by atoms with E-state index < -0.39 is 0 Å². The third-order valence-electron chi connectivity index (χ3n) is 3.45. The quantitative estimate of drug-likeness (QED) is 0.348. The number of carbonyl (C=O) groups excluding carboxylic acids is 1. The van der Waals surface area contributed by atoms with Crippen molar-refractivity contribution in [3.05, 3.63) is 64.6 Å². The molecule has 0 saturated heterocycles. The number of halogens is 2. The molecule has 2 aromatic rings. The first-order chi connectivity index (χ1) is 11.6. The maximum atomic E-state index is 12.2. The number of carbonyl (C=O) groups is 1. The number of rotatable bonds is 6. The number of nitrogens with two attached hydrogens (primary N) is 1. The average molecular weight is 517 g/mol. The van der Waals surface area contributed by atoms with Crippen LogP contribution in [0.15, 0.2) is 64.1 Å². The van der Waals surface area contributed by atoms with E-state index in [1.165, 1.54) is 0 Å². The van der Waals surface area contributed by atoms with E-state index in [9.17, 15) is 4.79 Å². The second-order valence-electron chi connectivity index (χ2n) is 5.35. The zero-order chi connectivity index (χ0) is 17.4. The third kappa shape index (κ3) is 7.43. The Labute approximate surface area is 173 Å². The molecule has 0 aliphatic rings. The SMILES string of the molecule is CN(Cc1ccccc1Br)C(=O)CCN=C(N)Nc1ccccc1.I. The molecule has 0 aliphatic carbocycles. The molecule has 0 aliphatic heterocycles. The second-order valence-corrected chi connectivity index (χ2v) is 6.20. The minimum atomic E-state index is 0. The molecule has 1 amide bonds. The highest BCUT2D eigenvalue weighted by molar-refractivity contribution is 14.0. The van der Waals surface area contributed by atoms with E-state index in [1.807, 2.05) is 54.6 Å².